The van der Waals surface area contributed by atoms with Crippen molar-refractivity contribution in [1.29, 1.82) is 0 Å². The molecule has 0 saturated carbocycles. The van der Waals surface area contributed by atoms with Crippen molar-refractivity contribution in [3.05, 3.63) is 101 Å². The van der Waals surface area contributed by atoms with Gasteiger partial charge < -0.3 is 23.9 Å². The number of aromatic nitrogens is 1. The average Bonchev–Trinajstić information content (AvgIpc) is 3.44. The Morgan fingerprint density at radius 2 is 1.91 bits per heavy atom. The van der Waals surface area contributed by atoms with E-state index in [1.54, 1.807) is 67.0 Å². The number of ether oxygens (including phenoxy) is 2. The molecule has 1 N–H and O–H groups in total. The molecule has 1 unspecified atom stereocenters. The molecule has 4 aromatic rings. The van der Waals surface area contributed by atoms with Crippen LogP contribution in [-0.2, 0) is 11.3 Å². The molecule has 0 saturated heterocycles. The molecular weight excluding hydrogens is 448 g/mol. The molecule has 0 fully saturated rings. The van der Waals surface area contributed by atoms with Crippen molar-refractivity contribution >= 4 is 22.7 Å². The molecule has 1 aliphatic heterocycles. The Bertz CT molecular complexity index is 1460. The Labute approximate surface area is 201 Å². The van der Waals surface area contributed by atoms with Crippen LogP contribution in [0.2, 0.25) is 0 Å². The summed E-state index contributed by atoms with van der Waals surface area (Å²) in [5.41, 5.74) is 1.71. The topological polar surface area (TPSA) is 102 Å². The summed E-state index contributed by atoms with van der Waals surface area (Å²) in [4.78, 5) is 32.5. The van der Waals surface area contributed by atoms with Gasteiger partial charge >= 0.3 is 0 Å². The number of carbonyl (C=O) groups is 2. The van der Waals surface area contributed by atoms with E-state index in [9.17, 15) is 14.7 Å². The van der Waals surface area contributed by atoms with Gasteiger partial charge in [-0.25, -0.2) is 0 Å². The van der Waals surface area contributed by atoms with Gasteiger partial charge in [0.15, 0.2) is 22.9 Å². The van der Waals surface area contributed by atoms with Crippen molar-refractivity contribution in [3.8, 4) is 11.5 Å². The van der Waals surface area contributed by atoms with E-state index in [4.69, 9.17) is 13.9 Å². The van der Waals surface area contributed by atoms with Crippen LogP contribution in [0.4, 0.5) is 0 Å². The predicted molar refractivity (Wildman–Crippen MR) is 127 cm³/mol. The largest absolute Gasteiger partial charge is 0.503 e. The smallest absolute Gasteiger partial charge is 0.290 e. The highest BCUT2D eigenvalue weighted by molar-refractivity contribution is 6.16. The third-order valence-corrected chi connectivity index (χ3v) is 5.99. The van der Waals surface area contributed by atoms with Crippen molar-refractivity contribution in [2.75, 3.05) is 14.2 Å². The number of furan rings is 1. The van der Waals surface area contributed by atoms with Gasteiger partial charge in [-0.3, -0.25) is 14.6 Å². The minimum atomic E-state index is -0.861. The summed E-state index contributed by atoms with van der Waals surface area (Å²) in [7, 11) is 3.05. The molecule has 35 heavy (non-hydrogen) atoms. The number of carbonyl (C=O) groups excluding carboxylic acids is 2. The van der Waals surface area contributed by atoms with E-state index < -0.39 is 23.5 Å². The van der Waals surface area contributed by atoms with Crippen LogP contribution in [0.1, 0.15) is 27.7 Å². The van der Waals surface area contributed by atoms with Gasteiger partial charge in [-0.05, 0) is 41.5 Å². The fraction of sp³-hybridized carbons (Fsp3) is 0.148. The van der Waals surface area contributed by atoms with Crippen molar-refractivity contribution in [2.45, 2.75) is 12.6 Å². The van der Waals surface area contributed by atoms with E-state index >= 15 is 0 Å². The van der Waals surface area contributed by atoms with E-state index in [0.717, 1.165) is 5.56 Å². The van der Waals surface area contributed by atoms with Gasteiger partial charge in [0, 0.05) is 24.3 Å². The van der Waals surface area contributed by atoms with Crippen molar-refractivity contribution in [3.63, 3.8) is 0 Å². The van der Waals surface area contributed by atoms with Crippen LogP contribution in [0.3, 0.4) is 0 Å². The minimum Gasteiger partial charge on any atom is -0.503 e. The Morgan fingerprint density at radius 3 is 2.66 bits per heavy atom. The summed E-state index contributed by atoms with van der Waals surface area (Å²) in [5.74, 6) is -0.823. The second-order valence-electron chi connectivity index (χ2n) is 8.05. The van der Waals surface area contributed by atoms with Gasteiger partial charge in [0.25, 0.3) is 5.91 Å². The molecule has 3 heterocycles. The lowest BCUT2D eigenvalue weighted by atomic mass is 9.94. The Morgan fingerprint density at radius 1 is 1.09 bits per heavy atom. The number of methoxy groups -OCH3 is 2. The molecule has 0 radical (unpaired) electrons. The highest BCUT2D eigenvalue weighted by Crippen LogP contribution is 2.41. The van der Waals surface area contributed by atoms with Crippen LogP contribution in [0.15, 0.2) is 88.8 Å². The SMILES string of the molecule is COc1cccc(C2C(C(=O)c3cc4cccc(OC)c4o3)=C(O)C(=O)N2Cc2cccnc2)c1. The number of benzene rings is 2. The number of para-hydroxylation sites is 1. The summed E-state index contributed by atoms with van der Waals surface area (Å²) in [6.45, 7) is 0.142. The number of pyridine rings is 1. The van der Waals surface area contributed by atoms with Gasteiger partial charge in [0.05, 0.1) is 25.8 Å². The maximum Gasteiger partial charge on any atom is 0.290 e. The number of hydrogen-bond donors (Lipinski definition) is 1. The van der Waals surface area contributed by atoms with E-state index in [0.29, 0.717) is 28.0 Å². The first-order chi connectivity index (χ1) is 17.0. The zero-order valence-corrected chi connectivity index (χ0v) is 19.1. The lowest BCUT2D eigenvalue weighted by Crippen LogP contribution is -2.30. The Hall–Kier alpha value is -4.59. The molecule has 2 aromatic carbocycles. The number of hydrogen-bond acceptors (Lipinski definition) is 7. The van der Waals surface area contributed by atoms with Gasteiger partial charge in [-0.1, -0.05) is 30.3 Å². The normalized spacial score (nSPS) is 15.7. The van der Waals surface area contributed by atoms with E-state index in [-0.39, 0.29) is 17.9 Å². The van der Waals surface area contributed by atoms with Crippen molar-refractivity contribution < 1.29 is 28.6 Å². The monoisotopic (exact) mass is 470 g/mol. The molecule has 8 nitrogen and oxygen atoms in total. The first-order valence-electron chi connectivity index (χ1n) is 10.9. The van der Waals surface area contributed by atoms with Gasteiger partial charge in [0.2, 0.25) is 5.78 Å². The summed E-state index contributed by atoms with van der Waals surface area (Å²) in [6, 6.07) is 16.7. The second kappa shape index (κ2) is 8.98. The molecule has 0 spiro atoms. The molecule has 1 atom stereocenters. The number of Topliss-reactive ketones (excluding diaryl/α,β-unsaturated/α-hetero) is 1. The third kappa shape index (κ3) is 3.89. The molecule has 0 bridgehead atoms. The molecule has 1 amide bonds. The number of amides is 1. The van der Waals surface area contributed by atoms with Crippen LogP contribution >= 0.6 is 0 Å². The zero-order chi connectivity index (χ0) is 24.5. The molecule has 5 rings (SSSR count). The summed E-state index contributed by atoms with van der Waals surface area (Å²) in [6.07, 6.45) is 3.27. The lowest BCUT2D eigenvalue weighted by Gasteiger charge is -2.27. The molecule has 176 valence electrons. The van der Waals surface area contributed by atoms with Crippen LogP contribution < -0.4 is 9.47 Å². The number of ketones is 1. The molecule has 8 heteroatoms. The fourth-order valence-electron chi connectivity index (χ4n) is 4.34. The number of nitrogens with zero attached hydrogens (tertiary/aromatic N) is 2. The van der Waals surface area contributed by atoms with Crippen LogP contribution in [0.25, 0.3) is 11.0 Å². The maximum atomic E-state index is 13.7. The van der Waals surface area contributed by atoms with Crippen LogP contribution in [0, 0.1) is 0 Å². The van der Waals surface area contributed by atoms with Gasteiger partial charge in [0.1, 0.15) is 5.75 Å². The number of rotatable bonds is 7. The lowest BCUT2D eigenvalue weighted by molar-refractivity contribution is -0.130. The molecule has 0 aliphatic carbocycles. The highest BCUT2D eigenvalue weighted by Gasteiger charge is 2.44. The number of aliphatic hydroxyl groups excluding tert-OH is 1. The van der Waals surface area contributed by atoms with Crippen LogP contribution in [-0.4, -0.2) is 40.9 Å². The van der Waals surface area contributed by atoms with Crippen molar-refractivity contribution in [2.24, 2.45) is 0 Å². The average molecular weight is 470 g/mol. The van der Waals surface area contributed by atoms with Gasteiger partial charge in [-0.2, -0.15) is 0 Å². The summed E-state index contributed by atoms with van der Waals surface area (Å²) < 4.78 is 16.5. The number of fused-ring (bicyclic) bond motifs is 1. The van der Waals surface area contributed by atoms with Crippen LogP contribution in [0.5, 0.6) is 11.5 Å². The second-order valence-corrected chi connectivity index (χ2v) is 8.05. The standard InChI is InChI=1S/C27H22N2O6/c1-33-19-9-3-7-17(12-19)23-22(25(31)27(32)29(23)15-16-6-5-11-28-14-16)24(30)21-13-18-8-4-10-20(34-2)26(18)35-21/h3-14,23,31H,15H2,1-2H3. The van der Waals surface area contributed by atoms with E-state index in [1.165, 1.54) is 19.1 Å². The predicted octanol–water partition coefficient (Wildman–Crippen LogP) is 4.62. The first-order valence-corrected chi connectivity index (χ1v) is 10.9. The third-order valence-electron chi connectivity index (χ3n) is 5.99. The zero-order valence-electron chi connectivity index (χ0n) is 19.1. The Kier molecular flexibility index (Phi) is 5.70. The molecule has 1 aliphatic rings. The highest BCUT2D eigenvalue weighted by atomic mass is 16.5. The van der Waals surface area contributed by atoms with E-state index in [1.807, 2.05) is 6.07 Å². The maximum absolute atomic E-state index is 13.7. The number of aliphatic hydroxyl groups is 1. The van der Waals surface area contributed by atoms with Crippen molar-refractivity contribution in [1.82, 2.24) is 9.88 Å². The molecule has 2 aromatic heterocycles. The van der Waals surface area contributed by atoms with Gasteiger partial charge in [-0.15, -0.1) is 0 Å². The Balaban J connectivity index is 1.62. The summed E-state index contributed by atoms with van der Waals surface area (Å²) >= 11 is 0. The fourth-order valence-corrected chi connectivity index (χ4v) is 4.34. The molecular formula is C27H22N2O6. The first kappa shape index (κ1) is 22.2. The minimum absolute atomic E-state index is 0.00465. The quantitative estimate of drug-likeness (QED) is 0.393. The van der Waals surface area contributed by atoms with E-state index in [2.05, 4.69) is 4.98 Å². The summed E-state index contributed by atoms with van der Waals surface area (Å²) in [5, 5.41) is 11.6.